The normalized spacial score (nSPS) is 20.5. The van der Waals surface area contributed by atoms with E-state index in [2.05, 4.69) is 16.7 Å². The summed E-state index contributed by atoms with van der Waals surface area (Å²) in [5.41, 5.74) is 1.46. The van der Waals surface area contributed by atoms with Crippen LogP contribution in [0.1, 0.15) is 28.8 Å². The van der Waals surface area contributed by atoms with Gasteiger partial charge in [0.15, 0.2) is 0 Å². The van der Waals surface area contributed by atoms with Gasteiger partial charge in [-0.1, -0.05) is 60.7 Å². The van der Waals surface area contributed by atoms with Crippen molar-refractivity contribution in [2.24, 2.45) is 0 Å². The summed E-state index contributed by atoms with van der Waals surface area (Å²) < 4.78 is 0. The molecule has 2 amide bonds. The molecule has 5 heteroatoms. The van der Waals surface area contributed by atoms with Crippen LogP contribution in [0.4, 0.5) is 0 Å². The predicted molar refractivity (Wildman–Crippen MR) is 117 cm³/mol. The van der Waals surface area contributed by atoms with Crippen LogP contribution in [0.3, 0.4) is 0 Å². The molecule has 5 nitrogen and oxygen atoms in total. The van der Waals surface area contributed by atoms with Crippen molar-refractivity contribution in [3.8, 4) is 0 Å². The van der Waals surface area contributed by atoms with Gasteiger partial charge in [-0.2, -0.15) is 0 Å². The molecule has 3 aromatic carbocycles. The summed E-state index contributed by atoms with van der Waals surface area (Å²) in [6.45, 7) is 1.24. The Morgan fingerprint density at radius 1 is 0.933 bits per heavy atom. The molecule has 1 unspecified atom stereocenters. The van der Waals surface area contributed by atoms with E-state index in [1.807, 2.05) is 71.6 Å². The highest BCUT2D eigenvalue weighted by Gasteiger charge is 2.45. The van der Waals surface area contributed by atoms with Crippen molar-refractivity contribution in [3.05, 3.63) is 83.9 Å². The topological polar surface area (TPSA) is 61.4 Å². The first-order chi connectivity index (χ1) is 14.6. The maximum absolute atomic E-state index is 13.0. The van der Waals surface area contributed by atoms with Crippen molar-refractivity contribution in [2.45, 2.75) is 31.0 Å². The number of nitrogens with zero attached hydrogens (tertiary/aromatic N) is 1. The van der Waals surface area contributed by atoms with Gasteiger partial charge in [0, 0.05) is 31.5 Å². The monoisotopic (exact) mass is 399 g/mol. The average molecular weight is 399 g/mol. The molecular formula is C25H25N3O2. The molecule has 1 atom stereocenters. The van der Waals surface area contributed by atoms with Gasteiger partial charge < -0.3 is 10.2 Å². The second-order valence-corrected chi connectivity index (χ2v) is 8.31. The van der Waals surface area contributed by atoms with E-state index in [-0.39, 0.29) is 17.9 Å². The molecule has 5 rings (SSSR count). The fourth-order valence-electron chi connectivity index (χ4n) is 4.62. The standard InChI is InChI=1S/C25H25N3O2/c29-23-22(16-18-6-2-1-3-7-18)26-25(27-23)12-14-28(15-13-25)24(30)21-11-10-19-8-4-5-9-20(19)17-21/h1-11,17,22,26H,12-16H2,(H,27,29). The van der Waals surface area contributed by atoms with Crippen LogP contribution >= 0.6 is 0 Å². The zero-order chi connectivity index (χ0) is 20.6. The van der Waals surface area contributed by atoms with E-state index >= 15 is 0 Å². The summed E-state index contributed by atoms with van der Waals surface area (Å²) in [6, 6.07) is 23.8. The molecule has 0 radical (unpaired) electrons. The molecule has 30 heavy (non-hydrogen) atoms. The van der Waals surface area contributed by atoms with E-state index in [4.69, 9.17) is 0 Å². The molecule has 2 N–H and O–H groups in total. The SMILES string of the molecule is O=C1NC2(CCN(C(=O)c3ccc4ccccc4c3)CC2)NC1Cc1ccccc1. The van der Waals surface area contributed by atoms with Gasteiger partial charge in [0.05, 0.1) is 11.7 Å². The van der Waals surface area contributed by atoms with Crippen LogP contribution in [-0.2, 0) is 11.2 Å². The largest absolute Gasteiger partial charge is 0.338 e. The Kier molecular flexibility index (Phi) is 4.75. The minimum atomic E-state index is -0.406. The summed E-state index contributed by atoms with van der Waals surface area (Å²) in [6.07, 6.45) is 2.10. The van der Waals surface area contributed by atoms with Crippen molar-refractivity contribution >= 4 is 22.6 Å². The van der Waals surface area contributed by atoms with Crippen molar-refractivity contribution in [3.63, 3.8) is 0 Å². The quantitative estimate of drug-likeness (QED) is 0.712. The van der Waals surface area contributed by atoms with Crippen molar-refractivity contribution in [1.82, 2.24) is 15.5 Å². The maximum Gasteiger partial charge on any atom is 0.253 e. The number of hydrogen-bond donors (Lipinski definition) is 2. The minimum absolute atomic E-state index is 0.0492. The highest BCUT2D eigenvalue weighted by atomic mass is 16.2. The smallest absolute Gasteiger partial charge is 0.253 e. The Balaban J connectivity index is 1.24. The molecule has 0 aromatic heterocycles. The molecule has 2 aliphatic rings. The van der Waals surface area contributed by atoms with E-state index in [0.717, 1.165) is 21.9 Å². The molecule has 0 aliphatic carbocycles. The fraction of sp³-hybridized carbons (Fsp3) is 0.280. The summed E-state index contributed by atoms with van der Waals surface area (Å²) in [7, 11) is 0. The lowest BCUT2D eigenvalue weighted by molar-refractivity contribution is -0.121. The van der Waals surface area contributed by atoms with Gasteiger partial charge in [-0.3, -0.25) is 14.9 Å². The molecule has 1 spiro atoms. The number of nitrogens with one attached hydrogen (secondary N) is 2. The third kappa shape index (κ3) is 3.57. The number of likely N-dealkylation sites (tertiary alicyclic amines) is 1. The Morgan fingerprint density at radius 2 is 1.63 bits per heavy atom. The van der Waals surface area contributed by atoms with Gasteiger partial charge in [0.1, 0.15) is 0 Å². The number of rotatable bonds is 3. The van der Waals surface area contributed by atoms with Gasteiger partial charge in [-0.15, -0.1) is 0 Å². The van der Waals surface area contributed by atoms with Crippen LogP contribution in [-0.4, -0.2) is 41.5 Å². The third-order valence-corrected chi connectivity index (χ3v) is 6.31. The number of amides is 2. The van der Waals surface area contributed by atoms with E-state index in [9.17, 15) is 9.59 Å². The average Bonchev–Trinajstić information content (AvgIpc) is 3.08. The Hall–Kier alpha value is -3.18. The van der Waals surface area contributed by atoms with Crippen molar-refractivity contribution in [1.29, 1.82) is 0 Å². The zero-order valence-electron chi connectivity index (χ0n) is 16.8. The lowest BCUT2D eigenvalue weighted by Gasteiger charge is -2.39. The molecule has 2 aliphatic heterocycles. The number of benzene rings is 3. The van der Waals surface area contributed by atoms with Gasteiger partial charge in [0.25, 0.3) is 5.91 Å². The summed E-state index contributed by atoms with van der Waals surface area (Å²) in [5.74, 6) is 0.105. The molecule has 2 saturated heterocycles. The maximum atomic E-state index is 13.0. The third-order valence-electron chi connectivity index (χ3n) is 6.31. The van der Waals surface area contributed by atoms with Crippen LogP contribution < -0.4 is 10.6 Å². The molecule has 152 valence electrons. The highest BCUT2D eigenvalue weighted by Crippen LogP contribution is 2.27. The van der Waals surface area contributed by atoms with Gasteiger partial charge >= 0.3 is 0 Å². The number of piperidine rings is 1. The lowest BCUT2D eigenvalue weighted by Crippen LogP contribution is -2.58. The Bertz CT molecular complexity index is 1090. The zero-order valence-corrected chi connectivity index (χ0v) is 16.8. The minimum Gasteiger partial charge on any atom is -0.338 e. The van der Waals surface area contributed by atoms with E-state index in [1.54, 1.807) is 0 Å². The number of hydrogen-bond acceptors (Lipinski definition) is 3. The highest BCUT2D eigenvalue weighted by molar-refractivity contribution is 5.98. The first kappa shape index (κ1) is 18.8. The van der Waals surface area contributed by atoms with Gasteiger partial charge in [0.2, 0.25) is 5.91 Å². The number of fused-ring (bicyclic) bond motifs is 1. The Morgan fingerprint density at radius 3 is 2.40 bits per heavy atom. The Labute approximate surface area is 176 Å². The van der Waals surface area contributed by atoms with Gasteiger partial charge in [-0.25, -0.2) is 0 Å². The van der Waals surface area contributed by atoms with Crippen LogP contribution in [0.25, 0.3) is 10.8 Å². The molecule has 2 heterocycles. The first-order valence-electron chi connectivity index (χ1n) is 10.5. The summed E-state index contributed by atoms with van der Waals surface area (Å²) in [4.78, 5) is 27.5. The summed E-state index contributed by atoms with van der Waals surface area (Å²) in [5, 5.41) is 8.91. The summed E-state index contributed by atoms with van der Waals surface area (Å²) >= 11 is 0. The van der Waals surface area contributed by atoms with E-state index in [0.29, 0.717) is 32.4 Å². The van der Waals surface area contributed by atoms with Crippen LogP contribution in [0.2, 0.25) is 0 Å². The molecule has 0 bridgehead atoms. The van der Waals surface area contributed by atoms with Crippen LogP contribution in [0.15, 0.2) is 72.8 Å². The molecule has 3 aromatic rings. The fourth-order valence-corrected chi connectivity index (χ4v) is 4.62. The van der Waals surface area contributed by atoms with Crippen molar-refractivity contribution < 1.29 is 9.59 Å². The van der Waals surface area contributed by atoms with Crippen LogP contribution in [0.5, 0.6) is 0 Å². The van der Waals surface area contributed by atoms with Crippen LogP contribution in [0, 0.1) is 0 Å². The van der Waals surface area contributed by atoms with E-state index in [1.165, 1.54) is 0 Å². The predicted octanol–water partition coefficient (Wildman–Crippen LogP) is 3.10. The molecule has 2 fully saturated rings. The molecule has 0 saturated carbocycles. The van der Waals surface area contributed by atoms with E-state index < -0.39 is 5.66 Å². The second kappa shape index (κ2) is 7.58. The second-order valence-electron chi connectivity index (χ2n) is 8.31. The van der Waals surface area contributed by atoms with Gasteiger partial charge in [-0.05, 0) is 34.9 Å². The van der Waals surface area contributed by atoms with Crippen molar-refractivity contribution in [2.75, 3.05) is 13.1 Å². The first-order valence-corrected chi connectivity index (χ1v) is 10.5. The lowest BCUT2D eigenvalue weighted by atomic mass is 9.96. The number of carbonyl (C=O) groups excluding carboxylic acids is 2. The molecular weight excluding hydrogens is 374 g/mol. The number of carbonyl (C=O) groups is 2.